The Bertz CT molecular complexity index is 7600. The largest absolute Gasteiger partial charge is 0.309 e. The molecule has 111 heavy (non-hydrogen) atoms. The first-order chi connectivity index (χ1) is 55.2. The maximum Gasteiger partial charge on any atom is 0.0754 e. The smallest absolute Gasteiger partial charge is 0.0754 e. The first-order valence-electron chi connectivity index (χ1n) is 39.2. The Kier molecular flexibility index (Phi) is 11.0. The van der Waals surface area contributed by atoms with Crippen molar-refractivity contribution in [1.29, 1.82) is 0 Å². The van der Waals surface area contributed by atoms with Gasteiger partial charge < -0.3 is 9.13 Å². The predicted octanol–water partition coefficient (Wildman–Crippen LogP) is 27.2. The number of nitrogens with zero attached hydrogens (tertiary/aromatic N) is 2. The molecule has 2 nitrogen and oxygen atoms in total. The minimum atomic E-state index is -0.650. The summed E-state index contributed by atoms with van der Waals surface area (Å²) in [6, 6.07) is 146. The van der Waals surface area contributed by atoms with Crippen molar-refractivity contribution in [2.24, 2.45) is 0 Å². The molecule has 508 valence electrons. The van der Waals surface area contributed by atoms with Gasteiger partial charge in [0.15, 0.2) is 0 Å². The summed E-state index contributed by atoms with van der Waals surface area (Å²) in [7, 11) is 0. The minimum Gasteiger partial charge on any atom is -0.309 e. The van der Waals surface area contributed by atoms with Crippen molar-refractivity contribution < 1.29 is 0 Å². The molecule has 0 saturated heterocycles. The van der Waals surface area contributed by atoms with Crippen LogP contribution in [-0.4, -0.2) is 9.13 Å². The van der Waals surface area contributed by atoms with E-state index in [-0.39, 0.29) is 0 Å². The van der Waals surface area contributed by atoms with Gasteiger partial charge in [-0.05, 0) is 218 Å². The number of hydrogen-bond donors (Lipinski definition) is 0. The van der Waals surface area contributed by atoms with Crippen LogP contribution in [0.25, 0.3) is 176 Å². The SMILES string of the molecule is c1ccc2c(c1)-c1c(-c3c4cccc(-c5cccc6c5-c5ccccc5C65c6ccccc6-n6c7ccccc7c7cccc5c76)c4cc4c(-c5cccc6c5-c5ccccc5C65c6ccccc6-n6c7ccccc7c7cccc5c76)cccc34)cccc1C21c2ccccc2-c2c1c1ccccc1c1ccccc21. The van der Waals surface area contributed by atoms with Crippen molar-refractivity contribution in [3.05, 3.63) is 443 Å². The van der Waals surface area contributed by atoms with Gasteiger partial charge in [0.25, 0.3) is 0 Å². The summed E-state index contributed by atoms with van der Waals surface area (Å²) in [5.74, 6) is 0. The molecule has 2 aromatic heterocycles. The fraction of sp³-hybridized carbons (Fsp3) is 0.0275. The Labute approximate surface area is 639 Å². The van der Waals surface area contributed by atoms with Crippen LogP contribution in [0, 0.1) is 0 Å². The molecule has 0 radical (unpaired) electrons. The Morgan fingerprint density at radius 1 is 0.153 bits per heavy atom. The van der Waals surface area contributed by atoms with E-state index < -0.39 is 16.2 Å². The number of benzene rings is 19. The number of hydrogen-bond acceptors (Lipinski definition) is 0. The third kappa shape index (κ3) is 6.74. The van der Waals surface area contributed by atoms with E-state index in [0.717, 1.165) is 0 Å². The molecule has 0 saturated carbocycles. The van der Waals surface area contributed by atoms with Crippen LogP contribution in [0.2, 0.25) is 0 Å². The molecule has 2 aliphatic heterocycles. The van der Waals surface area contributed by atoms with E-state index in [1.54, 1.807) is 0 Å². The summed E-state index contributed by atoms with van der Waals surface area (Å²) in [5.41, 5.74) is 39.0. The van der Waals surface area contributed by atoms with Crippen molar-refractivity contribution in [1.82, 2.24) is 9.13 Å². The van der Waals surface area contributed by atoms with Crippen LogP contribution in [0.1, 0.15) is 66.8 Å². The van der Waals surface area contributed by atoms with Gasteiger partial charge in [-0.25, -0.2) is 0 Å². The summed E-state index contributed by atoms with van der Waals surface area (Å²) < 4.78 is 5.12. The van der Waals surface area contributed by atoms with Crippen molar-refractivity contribution in [3.63, 3.8) is 0 Å². The first-order valence-corrected chi connectivity index (χ1v) is 39.2. The van der Waals surface area contributed by atoms with Crippen LogP contribution in [0.15, 0.2) is 376 Å². The lowest BCUT2D eigenvalue weighted by molar-refractivity contribution is 0.748. The standard InChI is InChI=1S/C109H62N2/c1-3-32-71-63(28-1)64-29-2-4-33-74(64)104-103(71)80-37-8-14-50-87(80)109(104)86-49-13-7-36-79(86)102-81(46-27-55-92(102)109)99-72-40-21-38-65(69-42-23-53-90-100(69)77-34-5-11-47-84(77)107(90)88-51-15-19-60-97(88)110-95-58-17-9-30-67(95)75-44-25-56-93(107)105(75)110)82(72)62-83-66(39-22-41-73(83)99)70-43-24-54-91-101(70)78-35-6-12-48-85(78)108(91)89-52-16-20-61-98(89)111-96-59-18-10-31-68(96)76-45-26-57-94(108)106(76)111/h1-62H. The van der Waals surface area contributed by atoms with Crippen LogP contribution < -0.4 is 0 Å². The van der Waals surface area contributed by atoms with Crippen molar-refractivity contribution in [3.8, 4) is 89.3 Å². The topological polar surface area (TPSA) is 9.86 Å². The second-order valence-electron chi connectivity index (χ2n) is 31.7. The van der Waals surface area contributed by atoms with Gasteiger partial charge in [0.2, 0.25) is 0 Å². The van der Waals surface area contributed by atoms with Crippen LogP contribution in [-0.2, 0) is 16.2 Å². The van der Waals surface area contributed by atoms with Gasteiger partial charge in [0.1, 0.15) is 0 Å². The highest BCUT2D eigenvalue weighted by molar-refractivity contribution is 6.25. The average molecular weight is 1400 g/mol. The lowest BCUT2D eigenvalue weighted by Crippen LogP contribution is -2.33. The molecule has 21 aromatic rings. The summed E-state index contributed by atoms with van der Waals surface area (Å²) in [6.07, 6.45) is 0. The second kappa shape index (κ2) is 20.7. The van der Waals surface area contributed by atoms with E-state index >= 15 is 0 Å². The van der Waals surface area contributed by atoms with Gasteiger partial charge in [-0.2, -0.15) is 0 Å². The molecule has 19 aromatic carbocycles. The molecule has 0 N–H and O–H groups in total. The van der Waals surface area contributed by atoms with E-state index in [1.807, 2.05) is 0 Å². The summed E-state index contributed by atoms with van der Waals surface area (Å²) in [6.45, 7) is 0. The molecule has 0 amide bonds. The fourth-order valence-corrected chi connectivity index (χ4v) is 23.7. The summed E-state index contributed by atoms with van der Waals surface area (Å²) >= 11 is 0. The van der Waals surface area contributed by atoms with E-state index in [1.165, 1.54) is 243 Å². The third-order valence-corrected chi connectivity index (χ3v) is 27.3. The highest BCUT2D eigenvalue weighted by Gasteiger charge is 2.56. The van der Waals surface area contributed by atoms with Gasteiger partial charge in [-0.15, -0.1) is 0 Å². The number of rotatable bonds is 3. The fourth-order valence-electron chi connectivity index (χ4n) is 23.7. The van der Waals surface area contributed by atoms with E-state index in [4.69, 9.17) is 0 Å². The molecule has 4 aliphatic carbocycles. The summed E-state index contributed by atoms with van der Waals surface area (Å²) in [4.78, 5) is 0. The van der Waals surface area contributed by atoms with E-state index in [9.17, 15) is 0 Å². The van der Waals surface area contributed by atoms with Gasteiger partial charge in [0, 0.05) is 21.5 Å². The van der Waals surface area contributed by atoms with Crippen LogP contribution >= 0.6 is 0 Å². The molecule has 2 heteroatoms. The average Bonchev–Trinajstić information content (AvgIpc) is 1.51. The minimum absolute atomic E-state index is 0.636. The zero-order chi connectivity index (χ0) is 71.9. The van der Waals surface area contributed by atoms with Crippen molar-refractivity contribution in [2.45, 2.75) is 16.2 Å². The molecule has 3 unspecified atom stereocenters. The molecule has 4 heterocycles. The molecule has 3 atom stereocenters. The highest BCUT2D eigenvalue weighted by atomic mass is 15.0. The maximum atomic E-state index is 2.62. The zero-order valence-corrected chi connectivity index (χ0v) is 60.2. The van der Waals surface area contributed by atoms with Crippen molar-refractivity contribution >= 4 is 86.7 Å². The first kappa shape index (κ1) is 58.9. The molecular weight excluding hydrogens is 1340 g/mol. The quantitative estimate of drug-likeness (QED) is 0.123. The molecule has 3 spiro atoms. The monoisotopic (exact) mass is 1400 g/mol. The highest BCUT2D eigenvalue weighted by Crippen LogP contribution is 2.69. The van der Waals surface area contributed by atoms with E-state index in [2.05, 4.69) is 385 Å². The van der Waals surface area contributed by atoms with Crippen LogP contribution in [0.4, 0.5) is 0 Å². The Morgan fingerprint density at radius 2 is 0.441 bits per heavy atom. The normalized spacial score (nSPS) is 17.1. The van der Waals surface area contributed by atoms with E-state index in [0.29, 0.717) is 0 Å². The van der Waals surface area contributed by atoms with Gasteiger partial charge in [0.05, 0.1) is 49.7 Å². The molecule has 0 fully saturated rings. The molecule has 6 aliphatic rings. The molecule has 0 bridgehead atoms. The summed E-state index contributed by atoms with van der Waals surface area (Å²) in [5, 5.41) is 15.1. The predicted molar refractivity (Wildman–Crippen MR) is 459 cm³/mol. The van der Waals surface area contributed by atoms with Crippen LogP contribution in [0.5, 0.6) is 0 Å². The second-order valence-corrected chi connectivity index (χ2v) is 31.7. The number of para-hydroxylation sites is 6. The Hall–Kier alpha value is -14.2. The Balaban J connectivity index is 0.775. The van der Waals surface area contributed by atoms with Gasteiger partial charge in [-0.1, -0.05) is 346 Å². The maximum absolute atomic E-state index is 2.62. The lowest BCUT2D eigenvalue weighted by atomic mass is 9.65. The van der Waals surface area contributed by atoms with Gasteiger partial charge >= 0.3 is 0 Å². The number of fused-ring (bicyclic) bond motifs is 41. The number of aromatic nitrogens is 2. The lowest BCUT2D eigenvalue weighted by Gasteiger charge is -2.39. The Morgan fingerprint density at radius 3 is 0.937 bits per heavy atom. The zero-order valence-electron chi connectivity index (χ0n) is 60.2. The molecule has 27 rings (SSSR count). The third-order valence-electron chi connectivity index (χ3n) is 27.3. The van der Waals surface area contributed by atoms with Crippen molar-refractivity contribution in [2.75, 3.05) is 0 Å². The van der Waals surface area contributed by atoms with Crippen LogP contribution in [0.3, 0.4) is 0 Å². The van der Waals surface area contributed by atoms with Gasteiger partial charge in [-0.3, -0.25) is 0 Å². The molecular formula is C109H62N2.